The van der Waals surface area contributed by atoms with Crippen molar-refractivity contribution < 1.29 is 24.6 Å². The molecule has 2 N–H and O–H groups in total. The van der Waals surface area contributed by atoms with E-state index >= 15 is 0 Å². The Morgan fingerprint density at radius 1 is 0.600 bits per heavy atom. The quantitative estimate of drug-likeness (QED) is 0.223. The maximum atomic E-state index is 12.2. The number of carbonyl (C=O) groups excluding carboxylic acids is 1. The minimum atomic E-state index is -0.978. The summed E-state index contributed by atoms with van der Waals surface area (Å²) in [5.41, 5.74) is 0. The van der Waals surface area contributed by atoms with Gasteiger partial charge in [-0.05, 0) is 12.3 Å². The molecule has 0 aliphatic heterocycles. The number of carboxylic acid groups (broad SMARTS) is 2. The molecule has 0 spiro atoms. The van der Waals surface area contributed by atoms with Crippen LogP contribution in [0.25, 0.3) is 0 Å². The average molecular weight is 428 g/mol. The van der Waals surface area contributed by atoms with Gasteiger partial charge in [0.1, 0.15) is 0 Å². The van der Waals surface area contributed by atoms with Gasteiger partial charge in [0.25, 0.3) is 0 Å². The topological polar surface area (TPSA) is 94.9 Å². The number of hydrogen-bond donors (Lipinski definition) is 2. The van der Waals surface area contributed by atoms with Crippen molar-refractivity contribution in [2.24, 2.45) is 5.92 Å². The lowest BCUT2D eigenvalue weighted by Crippen LogP contribution is -2.34. The van der Waals surface area contributed by atoms with Crippen molar-refractivity contribution in [3.63, 3.8) is 0 Å². The van der Waals surface area contributed by atoms with E-state index in [0.29, 0.717) is 6.42 Å². The van der Waals surface area contributed by atoms with Gasteiger partial charge in [-0.1, -0.05) is 90.9 Å². The Morgan fingerprint density at radius 2 is 0.967 bits per heavy atom. The largest absolute Gasteiger partial charge is 0.481 e. The number of amides is 1. The first-order valence-corrected chi connectivity index (χ1v) is 12.0. The first-order valence-electron chi connectivity index (χ1n) is 12.0. The molecule has 0 saturated carbocycles. The van der Waals surface area contributed by atoms with Crippen LogP contribution in [-0.2, 0) is 14.4 Å². The lowest BCUT2D eigenvalue weighted by atomic mass is 10.0. The summed E-state index contributed by atoms with van der Waals surface area (Å²) in [6.45, 7) is 4.74. The van der Waals surface area contributed by atoms with Gasteiger partial charge >= 0.3 is 11.9 Å². The fourth-order valence-electron chi connectivity index (χ4n) is 3.58. The Balaban J connectivity index is 3.62. The lowest BCUT2D eigenvalue weighted by Gasteiger charge is -2.21. The summed E-state index contributed by atoms with van der Waals surface area (Å²) < 4.78 is 0. The Hall–Kier alpha value is -1.59. The first-order chi connectivity index (χ1) is 14.3. The van der Waals surface area contributed by atoms with Crippen molar-refractivity contribution in [2.45, 2.75) is 117 Å². The minimum Gasteiger partial charge on any atom is -0.481 e. The molecule has 0 bridgehead atoms. The molecule has 0 aromatic heterocycles. The Bertz CT molecular complexity index is 447. The smallest absolute Gasteiger partial charge is 0.305 e. The molecule has 0 aromatic carbocycles. The Morgan fingerprint density at radius 3 is 1.33 bits per heavy atom. The number of rotatable bonds is 21. The highest BCUT2D eigenvalue weighted by atomic mass is 16.4. The van der Waals surface area contributed by atoms with E-state index in [1.807, 2.05) is 0 Å². The molecule has 6 heteroatoms. The number of carboxylic acids is 2. The van der Waals surface area contributed by atoms with Gasteiger partial charge in [0.15, 0.2) is 0 Å². The molecule has 0 unspecified atom stereocenters. The van der Waals surface area contributed by atoms with Crippen LogP contribution >= 0.6 is 0 Å². The average Bonchev–Trinajstić information content (AvgIpc) is 2.67. The van der Waals surface area contributed by atoms with Crippen LogP contribution < -0.4 is 0 Å². The Kier molecular flexibility index (Phi) is 18.4. The molecule has 0 aliphatic carbocycles. The van der Waals surface area contributed by atoms with Crippen molar-refractivity contribution in [1.29, 1.82) is 0 Å². The van der Waals surface area contributed by atoms with Gasteiger partial charge in [-0.25, -0.2) is 0 Å². The maximum absolute atomic E-state index is 12.2. The highest BCUT2D eigenvalue weighted by Crippen LogP contribution is 2.14. The summed E-state index contributed by atoms with van der Waals surface area (Å²) >= 11 is 0. The van der Waals surface area contributed by atoms with Gasteiger partial charge in [0.05, 0.1) is 12.8 Å². The summed E-state index contributed by atoms with van der Waals surface area (Å²) in [6.07, 6.45) is 16.2. The summed E-state index contributed by atoms with van der Waals surface area (Å²) in [5, 5.41) is 17.6. The van der Waals surface area contributed by atoms with E-state index in [2.05, 4.69) is 13.8 Å². The molecule has 0 heterocycles. The van der Waals surface area contributed by atoms with Gasteiger partial charge in [-0.2, -0.15) is 0 Å². The van der Waals surface area contributed by atoms with E-state index in [1.165, 1.54) is 69.1 Å². The van der Waals surface area contributed by atoms with E-state index in [-0.39, 0.29) is 31.8 Å². The monoisotopic (exact) mass is 427 g/mol. The van der Waals surface area contributed by atoms with Crippen LogP contribution in [0.5, 0.6) is 0 Å². The van der Waals surface area contributed by atoms with E-state index in [0.717, 1.165) is 25.2 Å². The van der Waals surface area contributed by atoms with Crippen LogP contribution in [0.3, 0.4) is 0 Å². The van der Waals surface area contributed by atoms with E-state index in [1.54, 1.807) is 0 Å². The van der Waals surface area contributed by atoms with Gasteiger partial charge in [0, 0.05) is 19.5 Å². The van der Waals surface area contributed by atoms with Gasteiger partial charge in [-0.3, -0.25) is 14.4 Å². The van der Waals surface area contributed by atoms with Crippen LogP contribution in [0.2, 0.25) is 0 Å². The number of unbranched alkanes of at least 4 members (excludes halogenated alkanes) is 11. The Labute approximate surface area is 183 Å². The standard InChI is InChI=1S/C24H45NO5/c1-21(2)15-13-11-9-7-5-3-4-6-8-10-12-14-16-22(26)25(19-17-23(27)28)20-18-24(29)30/h21H,3-20H2,1-2H3,(H,27,28)(H,29,30). The van der Waals surface area contributed by atoms with Gasteiger partial charge in [0.2, 0.25) is 5.91 Å². The molecule has 176 valence electrons. The van der Waals surface area contributed by atoms with Crippen LogP contribution in [-0.4, -0.2) is 46.0 Å². The molecule has 0 aromatic rings. The zero-order valence-corrected chi connectivity index (χ0v) is 19.4. The zero-order valence-electron chi connectivity index (χ0n) is 19.4. The van der Waals surface area contributed by atoms with E-state index in [4.69, 9.17) is 10.2 Å². The second kappa shape index (κ2) is 19.4. The normalized spacial score (nSPS) is 11.0. The number of hydrogen-bond acceptors (Lipinski definition) is 3. The van der Waals surface area contributed by atoms with Crippen LogP contribution in [0.15, 0.2) is 0 Å². The van der Waals surface area contributed by atoms with Crippen LogP contribution in [0, 0.1) is 5.92 Å². The van der Waals surface area contributed by atoms with Crippen LogP contribution in [0.1, 0.15) is 117 Å². The van der Waals surface area contributed by atoms with E-state index < -0.39 is 11.9 Å². The molecule has 0 rings (SSSR count). The summed E-state index contributed by atoms with van der Waals surface area (Å²) in [7, 11) is 0. The van der Waals surface area contributed by atoms with Crippen molar-refractivity contribution in [1.82, 2.24) is 4.90 Å². The fraction of sp³-hybridized carbons (Fsp3) is 0.875. The van der Waals surface area contributed by atoms with Crippen molar-refractivity contribution in [3.05, 3.63) is 0 Å². The molecule has 0 aliphatic rings. The highest BCUT2D eigenvalue weighted by molar-refractivity contribution is 5.77. The molecule has 0 saturated heterocycles. The molecule has 6 nitrogen and oxygen atoms in total. The molecule has 1 amide bonds. The number of carbonyl (C=O) groups is 3. The fourth-order valence-corrected chi connectivity index (χ4v) is 3.58. The molecule has 0 atom stereocenters. The zero-order chi connectivity index (χ0) is 22.6. The number of nitrogens with zero attached hydrogens (tertiary/aromatic N) is 1. The maximum Gasteiger partial charge on any atom is 0.305 e. The summed E-state index contributed by atoms with van der Waals surface area (Å²) in [4.78, 5) is 35.1. The third-order valence-corrected chi connectivity index (χ3v) is 5.47. The second-order valence-electron chi connectivity index (χ2n) is 8.84. The first kappa shape index (κ1) is 28.4. The molecular formula is C24H45NO5. The third-order valence-electron chi connectivity index (χ3n) is 5.47. The van der Waals surface area contributed by atoms with Crippen LogP contribution in [0.4, 0.5) is 0 Å². The predicted molar refractivity (Wildman–Crippen MR) is 121 cm³/mol. The lowest BCUT2D eigenvalue weighted by molar-refractivity contribution is -0.139. The summed E-state index contributed by atoms with van der Waals surface area (Å²) in [6, 6.07) is 0. The molecular weight excluding hydrogens is 382 g/mol. The van der Waals surface area contributed by atoms with Crippen molar-refractivity contribution in [2.75, 3.05) is 13.1 Å². The molecule has 30 heavy (non-hydrogen) atoms. The van der Waals surface area contributed by atoms with Gasteiger partial charge in [-0.15, -0.1) is 0 Å². The highest BCUT2D eigenvalue weighted by Gasteiger charge is 2.15. The third kappa shape index (κ3) is 19.7. The van der Waals surface area contributed by atoms with Gasteiger partial charge < -0.3 is 15.1 Å². The van der Waals surface area contributed by atoms with Crippen molar-refractivity contribution >= 4 is 17.8 Å². The predicted octanol–water partition coefficient (Wildman–Crippen LogP) is 5.88. The van der Waals surface area contributed by atoms with Crippen molar-refractivity contribution in [3.8, 4) is 0 Å². The summed E-state index contributed by atoms with van der Waals surface area (Å²) in [5.74, 6) is -1.26. The number of aliphatic carboxylic acids is 2. The SMILES string of the molecule is CC(C)CCCCCCCCCCCCCCC(=O)N(CCC(=O)O)CCC(=O)O. The molecule has 0 fully saturated rings. The molecule has 0 radical (unpaired) electrons. The van der Waals surface area contributed by atoms with E-state index in [9.17, 15) is 14.4 Å². The second-order valence-corrected chi connectivity index (χ2v) is 8.84. The minimum absolute atomic E-state index is 0.0825.